The first-order valence-corrected chi connectivity index (χ1v) is 21.7. The SMILES string of the molecule is c1ccc(-c2ccc(N(c3ccc4c(c3)C(c3ccccc3)(c3ccccc3)c3ccccc3-4)c3cccc4c3-c3ccccc3-c3cccc(-c5ccccc5)c3O4)cc2)cc1. The molecular formula is C61H41NO. The Morgan fingerprint density at radius 1 is 0.317 bits per heavy atom. The topological polar surface area (TPSA) is 12.5 Å². The second-order valence-corrected chi connectivity index (χ2v) is 16.4. The van der Waals surface area contributed by atoms with Gasteiger partial charge in [-0.05, 0) is 97.6 Å². The fourth-order valence-electron chi connectivity index (χ4n) is 10.2. The Kier molecular flexibility index (Phi) is 8.76. The normalized spacial score (nSPS) is 12.7. The van der Waals surface area contributed by atoms with E-state index in [-0.39, 0.29) is 0 Å². The Labute approximate surface area is 368 Å². The third-order valence-corrected chi connectivity index (χ3v) is 13.0. The zero-order valence-corrected chi connectivity index (χ0v) is 34.5. The van der Waals surface area contributed by atoms with Gasteiger partial charge < -0.3 is 9.64 Å². The molecule has 0 fully saturated rings. The van der Waals surface area contributed by atoms with Gasteiger partial charge in [-0.25, -0.2) is 0 Å². The number of hydrogen-bond donors (Lipinski definition) is 0. The number of fused-ring (bicyclic) bond motifs is 8. The number of ether oxygens (including phenoxy) is 1. The van der Waals surface area contributed by atoms with Crippen molar-refractivity contribution in [3.05, 3.63) is 271 Å². The van der Waals surface area contributed by atoms with Crippen LogP contribution in [0.2, 0.25) is 0 Å². The average molecular weight is 804 g/mol. The average Bonchev–Trinajstić information content (AvgIpc) is 3.56. The minimum atomic E-state index is -0.550. The predicted octanol–water partition coefficient (Wildman–Crippen LogP) is 16.3. The summed E-state index contributed by atoms with van der Waals surface area (Å²) in [5.41, 5.74) is 19.0. The smallest absolute Gasteiger partial charge is 0.143 e. The lowest BCUT2D eigenvalue weighted by Crippen LogP contribution is -2.28. The Morgan fingerprint density at radius 3 is 1.52 bits per heavy atom. The van der Waals surface area contributed by atoms with E-state index in [1.807, 2.05) is 0 Å². The Morgan fingerprint density at radius 2 is 0.825 bits per heavy atom. The first kappa shape index (κ1) is 36.6. The molecule has 0 amide bonds. The van der Waals surface area contributed by atoms with Gasteiger partial charge in [-0.1, -0.05) is 212 Å². The fourth-order valence-corrected chi connectivity index (χ4v) is 10.2. The summed E-state index contributed by atoms with van der Waals surface area (Å²) in [7, 11) is 0. The van der Waals surface area contributed by atoms with Crippen molar-refractivity contribution >= 4 is 17.1 Å². The molecule has 0 unspecified atom stereocenters. The van der Waals surface area contributed by atoms with Crippen molar-refractivity contribution in [1.82, 2.24) is 0 Å². The molecule has 0 radical (unpaired) electrons. The monoisotopic (exact) mass is 803 g/mol. The van der Waals surface area contributed by atoms with Gasteiger partial charge in [0.05, 0.1) is 11.1 Å². The molecule has 12 rings (SSSR count). The molecule has 1 aliphatic heterocycles. The molecule has 63 heavy (non-hydrogen) atoms. The minimum absolute atomic E-state index is 0.550. The molecule has 1 aliphatic carbocycles. The van der Waals surface area contributed by atoms with Crippen LogP contribution in [0.15, 0.2) is 249 Å². The summed E-state index contributed by atoms with van der Waals surface area (Å²) in [6.45, 7) is 0. The summed E-state index contributed by atoms with van der Waals surface area (Å²) < 4.78 is 7.25. The molecule has 0 saturated carbocycles. The Hall–Kier alpha value is -8.20. The fraction of sp³-hybridized carbons (Fsp3) is 0.0164. The highest BCUT2D eigenvalue weighted by Gasteiger charge is 2.46. The van der Waals surface area contributed by atoms with Crippen LogP contribution in [0.4, 0.5) is 17.1 Å². The number of para-hydroxylation sites is 1. The number of rotatable bonds is 7. The summed E-state index contributed by atoms with van der Waals surface area (Å²) >= 11 is 0. The van der Waals surface area contributed by atoms with E-state index in [0.717, 1.165) is 61.9 Å². The van der Waals surface area contributed by atoms with E-state index in [0.29, 0.717) is 0 Å². The van der Waals surface area contributed by atoms with E-state index in [9.17, 15) is 0 Å². The molecule has 2 heteroatoms. The minimum Gasteiger partial charge on any atom is -0.455 e. The van der Waals surface area contributed by atoms with Gasteiger partial charge in [-0.2, -0.15) is 0 Å². The van der Waals surface area contributed by atoms with Crippen molar-refractivity contribution in [2.75, 3.05) is 4.90 Å². The third kappa shape index (κ3) is 5.87. The Balaban J connectivity index is 1.12. The predicted molar refractivity (Wildman–Crippen MR) is 260 cm³/mol. The van der Waals surface area contributed by atoms with Crippen molar-refractivity contribution in [3.8, 4) is 67.1 Å². The molecule has 0 spiro atoms. The molecule has 0 saturated heterocycles. The van der Waals surface area contributed by atoms with Crippen LogP contribution in [0.1, 0.15) is 22.3 Å². The molecule has 10 aromatic carbocycles. The standard InChI is InChI=1S/C61H41NO/c1-5-19-42(20-6-1)43-35-37-47(38-36-43)62(48-39-40-52-51-28-15-16-32-55(51)61(56(52)41-48,45-23-9-3-10-24-45)46-25-11-4-12-26-46)57-33-18-34-58-59(57)53-29-14-13-27-50(53)54-31-17-30-49(60(54)63-58)44-21-7-2-8-22-44/h1-41H. The van der Waals surface area contributed by atoms with Crippen molar-refractivity contribution in [3.63, 3.8) is 0 Å². The van der Waals surface area contributed by atoms with Crippen LogP contribution < -0.4 is 9.64 Å². The van der Waals surface area contributed by atoms with Crippen LogP contribution in [-0.4, -0.2) is 0 Å². The molecule has 1 heterocycles. The van der Waals surface area contributed by atoms with E-state index in [4.69, 9.17) is 4.74 Å². The summed E-state index contributed by atoms with van der Waals surface area (Å²) in [6.07, 6.45) is 0. The number of hydrogen-bond acceptors (Lipinski definition) is 2. The van der Waals surface area contributed by atoms with Crippen LogP contribution >= 0.6 is 0 Å². The van der Waals surface area contributed by atoms with Crippen molar-refractivity contribution in [1.29, 1.82) is 0 Å². The summed E-state index contributed by atoms with van der Waals surface area (Å²) in [5, 5.41) is 0. The van der Waals surface area contributed by atoms with Crippen LogP contribution in [0, 0.1) is 0 Å². The van der Waals surface area contributed by atoms with Gasteiger partial charge in [-0.15, -0.1) is 0 Å². The molecule has 0 atom stereocenters. The van der Waals surface area contributed by atoms with Crippen LogP contribution in [0.3, 0.4) is 0 Å². The third-order valence-electron chi connectivity index (χ3n) is 13.0. The first-order chi connectivity index (χ1) is 31.3. The number of nitrogens with zero attached hydrogens (tertiary/aromatic N) is 1. The van der Waals surface area contributed by atoms with Gasteiger partial charge in [0.25, 0.3) is 0 Å². The zero-order chi connectivity index (χ0) is 41.7. The molecule has 2 nitrogen and oxygen atoms in total. The maximum atomic E-state index is 7.25. The highest BCUT2D eigenvalue weighted by molar-refractivity contribution is 6.01. The van der Waals surface area contributed by atoms with Crippen molar-refractivity contribution < 1.29 is 4.74 Å². The highest BCUT2D eigenvalue weighted by atomic mass is 16.5. The number of anilines is 3. The van der Waals surface area contributed by atoms with Crippen LogP contribution in [0.25, 0.3) is 55.6 Å². The highest BCUT2D eigenvalue weighted by Crippen LogP contribution is 2.59. The lowest BCUT2D eigenvalue weighted by atomic mass is 9.67. The summed E-state index contributed by atoms with van der Waals surface area (Å²) in [6, 6.07) is 90.1. The molecule has 296 valence electrons. The van der Waals surface area contributed by atoms with Gasteiger partial charge in [-0.3, -0.25) is 0 Å². The van der Waals surface area contributed by atoms with Crippen LogP contribution in [0.5, 0.6) is 11.5 Å². The van der Waals surface area contributed by atoms with E-state index >= 15 is 0 Å². The maximum Gasteiger partial charge on any atom is 0.143 e. The molecule has 0 N–H and O–H groups in total. The number of benzene rings is 10. The van der Waals surface area contributed by atoms with Crippen molar-refractivity contribution in [2.45, 2.75) is 5.41 Å². The molecular weight excluding hydrogens is 763 g/mol. The van der Waals surface area contributed by atoms with Crippen LogP contribution in [-0.2, 0) is 5.41 Å². The van der Waals surface area contributed by atoms with Gasteiger partial charge in [0, 0.05) is 28.1 Å². The van der Waals surface area contributed by atoms with Gasteiger partial charge in [0.1, 0.15) is 11.5 Å². The summed E-state index contributed by atoms with van der Waals surface area (Å²) in [4.78, 5) is 2.44. The molecule has 2 aliphatic rings. The van der Waals surface area contributed by atoms with Gasteiger partial charge >= 0.3 is 0 Å². The lowest BCUT2D eigenvalue weighted by Gasteiger charge is -2.35. The van der Waals surface area contributed by atoms with E-state index in [1.54, 1.807) is 0 Å². The van der Waals surface area contributed by atoms with Crippen molar-refractivity contribution in [2.24, 2.45) is 0 Å². The quantitative estimate of drug-likeness (QED) is 0.159. The summed E-state index contributed by atoms with van der Waals surface area (Å²) in [5.74, 6) is 1.67. The van der Waals surface area contributed by atoms with Gasteiger partial charge in [0.15, 0.2) is 0 Å². The van der Waals surface area contributed by atoms with E-state index in [2.05, 4.69) is 254 Å². The second-order valence-electron chi connectivity index (χ2n) is 16.4. The molecule has 10 aromatic rings. The van der Waals surface area contributed by atoms with E-state index in [1.165, 1.54) is 44.5 Å². The maximum absolute atomic E-state index is 7.25. The van der Waals surface area contributed by atoms with Gasteiger partial charge in [0.2, 0.25) is 0 Å². The lowest BCUT2D eigenvalue weighted by molar-refractivity contribution is 0.489. The molecule has 0 bridgehead atoms. The first-order valence-electron chi connectivity index (χ1n) is 21.7. The molecule has 0 aromatic heterocycles. The largest absolute Gasteiger partial charge is 0.455 e. The second kappa shape index (κ2) is 15.1. The Bertz CT molecular complexity index is 3250. The van der Waals surface area contributed by atoms with E-state index < -0.39 is 5.41 Å². The zero-order valence-electron chi connectivity index (χ0n) is 34.5.